The van der Waals surface area contributed by atoms with Crippen LogP contribution in [0, 0.1) is 0 Å². The van der Waals surface area contributed by atoms with Crippen LogP contribution in [0.15, 0.2) is 29.3 Å². The van der Waals surface area contributed by atoms with Gasteiger partial charge in [-0.1, -0.05) is 6.07 Å². The van der Waals surface area contributed by atoms with Crippen molar-refractivity contribution in [3.63, 3.8) is 0 Å². The van der Waals surface area contributed by atoms with E-state index in [1.54, 1.807) is 31.2 Å². The van der Waals surface area contributed by atoms with E-state index < -0.39 is 0 Å². The molecule has 0 unspecified atom stereocenters. The Balaban J connectivity index is 2.96. The largest absolute Gasteiger partial charge is 0.399 e. The quantitative estimate of drug-likeness (QED) is 0.378. The number of nitrogens with zero attached hydrogens (tertiary/aromatic N) is 1. The fraction of sp³-hybridized carbons (Fsp3) is 0.111. The number of carbonyl (C=O) groups is 1. The van der Waals surface area contributed by atoms with E-state index in [9.17, 15) is 4.79 Å². The Morgan fingerprint density at radius 3 is 2.69 bits per heavy atom. The van der Waals surface area contributed by atoms with Crippen LogP contribution in [0.1, 0.15) is 17.3 Å². The molecule has 0 saturated carbocycles. The Morgan fingerprint density at radius 2 is 2.15 bits per heavy atom. The molecule has 4 nitrogen and oxygen atoms in total. The maximum absolute atomic E-state index is 11.3. The Morgan fingerprint density at radius 1 is 1.46 bits per heavy atom. The summed E-state index contributed by atoms with van der Waals surface area (Å²) in [6.07, 6.45) is 0. The molecule has 1 aromatic carbocycles. The van der Waals surface area contributed by atoms with Crippen LogP contribution in [0.3, 0.4) is 0 Å². The molecule has 68 valence electrons. The molecule has 4 heteroatoms. The number of aliphatic imine (C=N–C) groups is 1. The summed E-state index contributed by atoms with van der Waals surface area (Å²) in [4.78, 5) is 14.9. The summed E-state index contributed by atoms with van der Waals surface area (Å²) in [5, 5.41) is 0. The maximum atomic E-state index is 11.3. The Kier molecular flexibility index (Phi) is 2.64. The molecule has 1 aromatic rings. The van der Waals surface area contributed by atoms with Gasteiger partial charge in [0.2, 0.25) is 0 Å². The second kappa shape index (κ2) is 3.71. The molecule has 0 aliphatic rings. The van der Waals surface area contributed by atoms with Crippen LogP contribution in [0.2, 0.25) is 0 Å². The summed E-state index contributed by atoms with van der Waals surface area (Å²) < 4.78 is 0. The van der Waals surface area contributed by atoms with Gasteiger partial charge in [0, 0.05) is 11.3 Å². The van der Waals surface area contributed by atoms with Crippen molar-refractivity contribution in [2.45, 2.75) is 6.92 Å². The standard InChI is InChI=1S/C9H11N3O/c1-6(10)12-9(13)7-3-2-4-8(11)5-7/h2-5H,11H2,1H3,(H2,10,12,13). The van der Waals surface area contributed by atoms with Crippen LogP contribution in [0.25, 0.3) is 0 Å². The van der Waals surface area contributed by atoms with E-state index in [2.05, 4.69) is 4.99 Å². The van der Waals surface area contributed by atoms with Crippen molar-refractivity contribution in [3.8, 4) is 0 Å². The molecule has 13 heavy (non-hydrogen) atoms. The molecular formula is C9H11N3O. The minimum atomic E-state index is -0.368. The summed E-state index contributed by atoms with van der Waals surface area (Å²) in [6, 6.07) is 6.61. The Labute approximate surface area is 76.3 Å². The van der Waals surface area contributed by atoms with Crippen molar-refractivity contribution in [2.24, 2.45) is 10.7 Å². The molecule has 4 N–H and O–H groups in total. The van der Waals surface area contributed by atoms with Gasteiger partial charge in [0.05, 0.1) is 0 Å². The number of nitrogens with two attached hydrogens (primary N) is 2. The van der Waals surface area contributed by atoms with Crippen LogP contribution >= 0.6 is 0 Å². The van der Waals surface area contributed by atoms with Gasteiger partial charge in [-0.25, -0.2) is 0 Å². The number of anilines is 1. The summed E-state index contributed by atoms with van der Waals surface area (Å²) in [7, 11) is 0. The third kappa shape index (κ3) is 2.59. The van der Waals surface area contributed by atoms with Gasteiger partial charge in [-0.05, 0) is 25.1 Å². The fourth-order valence-corrected chi connectivity index (χ4v) is 0.896. The van der Waals surface area contributed by atoms with E-state index in [0.717, 1.165) is 0 Å². The fourth-order valence-electron chi connectivity index (χ4n) is 0.896. The van der Waals surface area contributed by atoms with Crippen LogP contribution in [0.4, 0.5) is 5.69 Å². The van der Waals surface area contributed by atoms with Crippen molar-refractivity contribution in [1.29, 1.82) is 0 Å². The molecule has 0 aliphatic carbocycles. The van der Waals surface area contributed by atoms with Crippen molar-refractivity contribution >= 4 is 17.4 Å². The molecule has 1 rings (SSSR count). The van der Waals surface area contributed by atoms with Gasteiger partial charge < -0.3 is 11.5 Å². The van der Waals surface area contributed by atoms with Crippen molar-refractivity contribution < 1.29 is 4.79 Å². The van der Waals surface area contributed by atoms with Crippen molar-refractivity contribution in [1.82, 2.24) is 0 Å². The van der Waals surface area contributed by atoms with Gasteiger partial charge in [0.1, 0.15) is 5.84 Å². The van der Waals surface area contributed by atoms with E-state index in [4.69, 9.17) is 11.5 Å². The molecule has 1 amide bonds. The smallest absolute Gasteiger partial charge is 0.278 e. The number of nitrogen functional groups attached to an aromatic ring is 1. The number of carbonyl (C=O) groups excluding carboxylic acids is 1. The number of benzene rings is 1. The van der Waals surface area contributed by atoms with Crippen molar-refractivity contribution in [3.05, 3.63) is 29.8 Å². The second-order valence-electron chi connectivity index (χ2n) is 2.68. The Hall–Kier alpha value is -1.84. The topological polar surface area (TPSA) is 81.5 Å². The van der Waals surface area contributed by atoms with E-state index in [1.807, 2.05) is 0 Å². The lowest BCUT2D eigenvalue weighted by Gasteiger charge is -1.97. The number of amides is 1. The molecule has 0 fully saturated rings. The predicted octanol–water partition coefficient (Wildman–Crippen LogP) is 0.786. The van der Waals surface area contributed by atoms with Crippen LogP contribution in [-0.2, 0) is 0 Å². The lowest BCUT2D eigenvalue weighted by molar-refractivity contribution is 0.100. The molecule has 0 heterocycles. The first kappa shape index (κ1) is 9.25. The van der Waals surface area contributed by atoms with Gasteiger partial charge in [-0.15, -0.1) is 0 Å². The zero-order valence-corrected chi connectivity index (χ0v) is 7.32. The molecule has 0 spiro atoms. The number of amidine groups is 1. The first-order valence-corrected chi connectivity index (χ1v) is 3.80. The maximum Gasteiger partial charge on any atom is 0.278 e. The normalized spacial score (nSPS) is 11.3. The van der Waals surface area contributed by atoms with E-state index in [1.165, 1.54) is 0 Å². The van der Waals surface area contributed by atoms with Gasteiger partial charge >= 0.3 is 0 Å². The molecule has 0 aliphatic heterocycles. The lowest BCUT2D eigenvalue weighted by atomic mass is 10.2. The highest BCUT2D eigenvalue weighted by Gasteiger charge is 2.02. The van der Waals surface area contributed by atoms with Crippen LogP contribution < -0.4 is 11.5 Å². The van der Waals surface area contributed by atoms with Gasteiger partial charge in [0.25, 0.3) is 5.91 Å². The van der Waals surface area contributed by atoms with Gasteiger partial charge in [-0.2, -0.15) is 4.99 Å². The van der Waals surface area contributed by atoms with Crippen LogP contribution in [-0.4, -0.2) is 11.7 Å². The summed E-state index contributed by atoms with van der Waals surface area (Å²) in [6.45, 7) is 1.56. The highest BCUT2D eigenvalue weighted by atomic mass is 16.1. The van der Waals surface area contributed by atoms with E-state index in [0.29, 0.717) is 11.3 Å². The number of hydrogen-bond donors (Lipinski definition) is 2. The lowest BCUT2D eigenvalue weighted by Crippen LogP contribution is -2.09. The molecule has 0 aromatic heterocycles. The summed E-state index contributed by atoms with van der Waals surface area (Å²) >= 11 is 0. The Bertz CT molecular complexity index is 354. The number of rotatable bonds is 1. The second-order valence-corrected chi connectivity index (χ2v) is 2.68. The van der Waals surface area contributed by atoms with Crippen LogP contribution in [0.5, 0.6) is 0 Å². The molecule has 0 atom stereocenters. The highest BCUT2D eigenvalue weighted by molar-refractivity contribution is 6.02. The molecular weight excluding hydrogens is 166 g/mol. The average Bonchev–Trinajstić information content (AvgIpc) is 2.03. The zero-order valence-electron chi connectivity index (χ0n) is 7.32. The van der Waals surface area contributed by atoms with Crippen molar-refractivity contribution in [2.75, 3.05) is 5.73 Å². The molecule has 0 radical (unpaired) electrons. The first-order valence-electron chi connectivity index (χ1n) is 3.80. The predicted molar refractivity (Wildman–Crippen MR) is 52.5 cm³/mol. The minimum Gasteiger partial charge on any atom is -0.399 e. The zero-order chi connectivity index (χ0) is 9.84. The SMILES string of the molecule is CC(N)=NC(=O)c1cccc(N)c1. The van der Waals surface area contributed by atoms with E-state index >= 15 is 0 Å². The van der Waals surface area contributed by atoms with E-state index in [-0.39, 0.29) is 11.7 Å². The third-order valence-corrected chi connectivity index (χ3v) is 1.41. The monoisotopic (exact) mass is 177 g/mol. The average molecular weight is 177 g/mol. The third-order valence-electron chi connectivity index (χ3n) is 1.41. The van der Waals surface area contributed by atoms with Gasteiger partial charge in [0.15, 0.2) is 0 Å². The first-order chi connectivity index (χ1) is 6.09. The minimum absolute atomic E-state index is 0.243. The molecule has 0 bridgehead atoms. The summed E-state index contributed by atoms with van der Waals surface area (Å²) in [5.74, 6) is -0.125. The summed E-state index contributed by atoms with van der Waals surface area (Å²) in [5.41, 5.74) is 11.7. The number of hydrogen-bond acceptors (Lipinski definition) is 2. The highest BCUT2D eigenvalue weighted by Crippen LogP contribution is 2.07. The molecule has 0 saturated heterocycles. The van der Waals surface area contributed by atoms with Gasteiger partial charge in [-0.3, -0.25) is 4.79 Å².